The van der Waals surface area contributed by atoms with Crippen LogP contribution in [0.25, 0.3) is 0 Å². The Kier molecular flexibility index (Phi) is 5.10. The number of hydrogen-bond donors (Lipinski definition) is 0. The summed E-state index contributed by atoms with van der Waals surface area (Å²) in [5.41, 5.74) is 0.916. The maximum atomic E-state index is 13.3. The van der Waals surface area contributed by atoms with E-state index in [1.54, 1.807) is 13.8 Å². The lowest BCUT2D eigenvalue weighted by molar-refractivity contribution is 0.380. The molecule has 3 nitrogen and oxygen atoms in total. The first-order chi connectivity index (χ1) is 8.70. The van der Waals surface area contributed by atoms with Crippen molar-refractivity contribution in [1.82, 2.24) is 4.31 Å². The Morgan fingerprint density at radius 3 is 2.05 bits per heavy atom. The molecule has 1 aromatic carbocycles. The van der Waals surface area contributed by atoms with Crippen molar-refractivity contribution >= 4 is 10.0 Å². The van der Waals surface area contributed by atoms with Gasteiger partial charge in [0.25, 0.3) is 0 Å². The van der Waals surface area contributed by atoms with Gasteiger partial charge in [0.05, 0.1) is 4.90 Å². The monoisotopic (exact) mass is 287 g/mol. The smallest absolute Gasteiger partial charge is 0.207 e. The first-order valence-electron chi connectivity index (χ1n) is 6.47. The minimum Gasteiger partial charge on any atom is -0.207 e. The van der Waals surface area contributed by atoms with Gasteiger partial charge in [-0.1, -0.05) is 20.8 Å². The topological polar surface area (TPSA) is 37.4 Å². The molecule has 0 N–H and O–H groups in total. The van der Waals surface area contributed by atoms with Gasteiger partial charge in [0.1, 0.15) is 5.82 Å². The summed E-state index contributed by atoms with van der Waals surface area (Å²) in [6.45, 7) is 9.91. The maximum Gasteiger partial charge on any atom is 0.243 e. The summed E-state index contributed by atoms with van der Waals surface area (Å²) in [7, 11) is -3.56. The molecular weight excluding hydrogens is 265 g/mol. The van der Waals surface area contributed by atoms with E-state index >= 15 is 0 Å². The van der Waals surface area contributed by atoms with Gasteiger partial charge in [-0.3, -0.25) is 0 Å². The van der Waals surface area contributed by atoms with Gasteiger partial charge in [-0.05, 0) is 43.0 Å². The molecule has 0 aliphatic carbocycles. The molecule has 5 heteroatoms. The van der Waals surface area contributed by atoms with Crippen LogP contribution in [0, 0.1) is 25.6 Å². The van der Waals surface area contributed by atoms with Crippen molar-refractivity contribution < 1.29 is 12.8 Å². The lowest BCUT2D eigenvalue weighted by Gasteiger charge is -2.24. The Bertz CT molecular complexity index is 530. The second kappa shape index (κ2) is 6.01. The van der Waals surface area contributed by atoms with Gasteiger partial charge in [-0.15, -0.1) is 0 Å². The fourth-order valence-corrected chi connectivity index (χ4v) is 4.26. The molecule has 108 valence electrons. The third-order valence-electron chi connectivity index (χ3n) is 2.94. The van der Waals surface area contributed by atoms with Crippen LogP contribution in [0.3, 0.4) is 0 Å². The number of aryl methyl sites for hydroxylation is 2. The molecule has 0 fully saturated rings. The molecule has 0 aliphatic rings. The van der Waals surface area contributed by atoms with Crippen molar-refractivity contribution in [2.75, 3.05) is 13.1 Å². The second-order valence-electron chi connectivity index (χ2n) is 5.22. The van der Waals surface area contributed by atoms with Crippen LogP contribution >= 0.6 is 0 Å². The maximum absolute atomic E-state index is 13.3. The molecule has 0 unspecified atom stereocenters. The highest BCUT2D eigenvalue weighted by Crippen LogP contribution is 2.25. The minimum atomic E-state index is -3.56. The summed E-state index contributed by atoms with van der Waals surface area (Å²) in [5, 5.41) is 0. The van der Waals surface area contributed by atoms with Crippen molar-refractivity contribution in [3.8, 4) is 0 Å². The van der Waals surface area contributed by atoms with Gasteiger partial charge in [0, 0.05) is 13.1 Å². The highest BCUT2D eigenvalue weighted by Gasteiger charge is 2.27. The van der Waals surface area contributed by atoms with E-state index in [2.05, 4.69) is 0 Å². The number of nitrogens with zero attached hydrogens (tertiary/aromatic N) is 1. The second-order valence-corrected chi connectivity index (χ2v) is 7.09. The van der Waals surface area contributed by atoms with E-state index in [9.17, 15) is 12.8 Å². The third-order valence-corrected chi connectivity index (χ3v) is 5.19. The summed E-state index contributed by atoms with van der Waals surface area (Å²) >= 11 is 0. The van der Waals surface area contributed by atoms with Crippen molar-refractivity contribution in [3.05, 3.63) is 29.1 Å². The van der Waals surface area contributed by atoms with E-state index in [4.69, 9.17) is 0 Å². The Morgan fingerprint density at radius 2 is 1.68 bits per heavy atom. The molecule has 0 spiro atoms. The van der Waals surface area contributed by atoms with Gasteiger partial charge >= 0.3 is 0 Å². The molecule has 1 aromatic rings. The molecule has 0 aliphatic heterocycles. The van der Waals surface area contributed by atoms with Crippen LogP contribution in [0.5, 0.6) is 0 Å². The predicted molar refractivity (Wildman–Crippen MR) is 75.1 cm³/mol. The van der Waals surface area contributed by atoms with Crippen molar-refractivity contribution in [1.29, 1.82) is 0 Å². The summed E-state index contributed by atoms with van der Waals surface area (Å²) in [6, 6.07) is 2.53. The van der Waals surface area contributed by atoms with Crippen molar-refractivity contribution in [2.24, 2.45) is 5.92 Å². The fourth-order valence-electron chi connectivity index (χ4n) is 2.24. The van der Waals surface area contributed by atoms with E-state index in [0.29, 0.717) is 24.2 Å². The Morgan fingerprint density at radius 1 is 1.21 bits per heavy atom. The molecule has 0 saturated heterocycles. The highest BCUT2D eigenvalue weighted by molar-refractivity contribution is 7.89. The van der Waals surface area contributed by atoms with Gasteiger partial charge in [0.2, 0.25) is 10.0 Å². The zero-order valence-corrected chi connectivity index (χ0v) is 13.0. The molecule has 0 saturated carbocycles. The van der Waals surface area contributed by atoms with Crippen LogP contribution in [0.15, 0.2) is 17.0 Å². The van der Waals surface area contributed by atoms with E-state index < -0.39 is 15.8 Å². The first kappa shape index (κ1) is 16.1. The number of sulfonamides is 1. The molecule has 0 aromatic heterocycles. The van der Waals surface area contributed by atoms with E-state index in [0.717, 1.165) is 0 Å². The number of rotatable bonds is 5. The normalized spacial score (nSPS) is 12.4. The largest absolute Gasteiger partial charge is 0.243 e. The number of halogens is 1. The van der Waals surface area contributed by atoms with E-state index in [-0.39, 0.29) is 10.8 Å². The van der Waals surface area contributed by atoms with Crippen LogP contribution < -0.4 is 0 Å². The molecule has 0 atom stereocenters. The summed E-state index contributed by atoms with van der Waals surface area (Å²) in [6.07, 6.45) is 0. The lowest BCUT2D eigenvalue weighted by Crippen LogP contribution is -2.34. The van der Waals surface area contributed by atoms with Crippen LogP contribution in [0.4, 0.5) is 4.39 Å². The molecule has 0 bridgehead atoms. The highest BCUT2D eigenvalue weighted by atomic mass is 32.2. The lowest BCUT2D eigenvalue weighted by atomic mass is 10.1. The van der Waals surface area contributed by atoms with Gasteiger partial charge in [-0.2, -0.15) is 4.31 Å². The zero-order valence-electron chi connectivity index (χ0n) is 12.2. The zero-order chi connectivity index (χ0) is 14.8. The molecule has 0 radical (unpaired) electrons. The number of benzene rings is 1. The van der Waals surface area contributed by atoms with E-state index in [1.807, 2.05) is 20.8 Å². The van der Waals surface area contributed by atoms with Crippen LogP contribution in [0.1, 0.15) is 31.9 Å². The Balaban J connectivity index is 3.34. The predicted octanol–water partition coefficient (Wildman–Crippen LogP) is 3.11. The summed E-state index contributed by atoms with van der Waals surface area (Å²) in [4.78, 5) is 0.233. The number of hydrogen-bond acceptors (Lipinski definition) is 2. The molecule has 19 heavy (non-hydrogen) atoms. The van der Waals surface area contributed by atoms with E-state index in [1.165, 1.54) is 16.4 Å². The third kappa shape index (κ3) is 3.54. The average Bonchev–Trinajstić information content (AvgIpc) is 2.23. The standard InChI is InChI=1S/C14H22FNO2S/c1-6-16(9-10(2)3)19(17,18)14-11(4)7-13(15)8-12(14)5/h7-8,10H,6,9H2,1-5H3. The fraction of sp³-hybridized carbons (Fsp3) is 0.571. The molecular formula is C14H22FNO2S. The minimum absolute atomic E-state index is 0.233. The van der Waals surface area contributed by atoms with Gasteiger partial charge < -0.3 is 0 Å². The molecule has 0 heterocycles. The Hall–Kier alpha value is -0.940. The molecule has 1 rings (SSSR count). The van der Waals surface area contributed by atoms with Crippen molar-refractivity contribution in [2.45, 2.75) is 39.5 Å². The molecule has 0 amide bonds. The van der Waals surface area contributed by atoms with Gasteiger partial charge in [0.15, 0.2) is 0 Å². The first-order valence-corrected chi connectivity index (χ1v) is 7.91. The Labute approximate surface area is 115 Å². The van der Waals surface area contributed by atoms with Gasteiger partial charge in [-0.25, -0.2) is 12.8 Å². The van der Waals surface area contributed by atoms with Crippen molar-refractivity contribution in [3.63, 3.8) is 0 Å². The van der Waals surface area contributed by atoms with Crippen LogP contribution in [-0.4, -0.2) is 25.8 Å². The quantitative estimate of drug-likeness (QED) is 0.834. The summed E-state index contributed by atoms with van der Waals surface area (Å²) < 4.78 is 40.0. The SMILES string of the molecule is CCN(CC(C)C)S(=O)(=O)c1c(C)cc(F)cc1C. The summed E-state index contributed by atoms with van der Waals surface area (Å²) in [5.74, 6) is -0.156. The van der Waals surface area contributed by atoms with Crippen LogP contribution in [0.2, 0.25) is 0 Å². The average molecular weight is 287 g/mol. The van der Waals surface area contributed by atoms with Crippen LogP contribution in [-0.2, 0) is 10.0 Å².